The summed E-state index contributed by atoms with van der Waals surface area (Å²) in [5.74, 6) is -0.0688. The Hall–Kier alpha value is -2.24. The van der Waals surface area contributed by atoms with Crippen molar-refractivity contribution in [2.24, 2.45) is 5.41 Å². The van der Waals surface area contributed by atoms with Gasteiger partial charge in [-0.15, -0.1) is 0 Å². The third-order valence-corrected chi connectivity index (χ3v) is 3.11. The topological polar surface area (TPSA) is 76.1 Å². The van der Waals surface area contributed by atoms with Crippen molar-refractivity contribution in [1.82, 2.24) is 0 Å². The van der Waals surface area contributed by atoms with E-state index in [2.05, 4.69) is 0 Å². The zero-order valence-corrected chi connectivity index (χ0v) is 13.7. The van der Waals surface area contributed by atoms with Crippen LogP contribution in [-0.2, 0) is 9.59 Å². The summed E-state index contributed by atoms with van der Waals surface area (Å²) in [4.78, 5) is 25.0. The number of carboxylic acid groups (broad SMARTS) is 1. The molecule has 1 rings (SSSR count). The molecule has 1 aromatic rings. The molecule has 1 N–H and O–H groups in total. The number of anilines is 1. The Balaban J connectivity index is 3.25. The van der Waals surface area contributed by atoms with Crippen LogP contribution in [0.5, 0.6) is 11.5 Å². The molecule has 0 saturated carbocycles. The van der Waals surface area contributed by atoms with Crippen LogP contribution in [0.1, 0.15) is 27.2 Å². The summed E-state index contributed by atoms with van der Waals surface area (Å²) < 4.78 is 10.5. The Kier molecular flexibility index (Phi) is 5.79. The molecule has 0 saturated heterocycles. The number of rotatable bonds is 6. The second-order valence-electron chi connectivity index (χ2n) is 5.89. The molecule has 0 aliphatic rings. The van der Waals surface area contributed by atoms with Crippen molar-refractivity contribution < 1.29 is 24.2 Å². The lowest BCUT2D eigenvalue weighted by Gasteiger charge is -2.30. The van der Waals surface area contributed by atoms with E-state index in [1.54, 1.807) is 39.0 Å². The first-order valence-corrected chi connectivity index (χ1v) is 6.96. The molecular weight excluding hydrogens is 286 g/mol. The van der Waals surface area contributed by atoms with E-state index in [0.29, 0.717) is 17.2 Å². The van der Waals surface area contributed by atoms with Gasteiger partial charge in [0.2, 0.25) is 5.91 Å². The fourth-order valence-corrected chi connectivity index (χ4v) is 1.95. The number of amides is 1. The van der Waals surface area contributed by atoms with Crippen LogP contribution in [0, 0.1) is 5.41 Å². The van der Waals surface area contributed by atoms with Crippen molar-refractivity contribution in [3.63, 3.8) is 0 Å². The van der Waals surface area contributed by atoms with Gasteiger partial charge < -0.3 is 19.5 Å². The van der Waals surface area contributed by atoms with Crippen molar-refractivity contribution in [3.8, 4) is 11.5 Å². The first-order chi connectivity index (χ1) is 10.2. The predicted octanol–water partition coefficient (Wildman–Crippen LogP) is 2.56. The van der Waals surface area contributed by atoms with E-state index in [1.165, 1.54) is 19.1 Å². The summed E-state index contributed by atoms with van der Waals surface area (Å²) >= 11 is 0. The SMILES string of the molecule is COc1ccc(N(CCC(=O)O)C(=O)C(C)(C)C)c(OC)c1. The van der Waals surface area contributed by atoms with Crippen molar-refractivity contribution >= 4 is 17.6 Å². The number of carbonyl (C=O) groups excluding carboxylic acids is 1. The van der Waals surface area contributed by atoms with Gasteiger partial charge in [0, 0.05) is 18.0 Å². The summed E-state index contributed by atoms with van der Waals surface area (Å²) in [6.07, 6.45) is -0.142. The van der Waals surface area contributed by atoms with Gasteiger partial charge in [-0.05, 0) is 12.1 Å². The van der Waals surface area contributed by atoms with Gasteiger partial charge in [-0.1, -0.05) is 20.8 Å². The molecule has 1 amide bonds. The number of benzene rings is 1. The van der Waals surface area contributed by atoms with E-state index in [1.807, 2.05) is 0 Å². The quantitative estimate of drug-likeness (QED) is 0.874. The molecule has 0 fully saturated rings. The molecule has 1 aromatic carbocycles. The van der Waals surface area contributed by atoms with Gasteiger partial charge in [0.1, 0.15) is 11.5 Å². The largest absolute Gasteiger partial charge is 0.497 e. The number of methoxy groups -OCH3 is 2. The third-order valence-electron chi connectivity index (χ3n) is 3.11. The number of carboxylic acids is 1. The normalized spacial score (nSPS) is 11.0. The minimum atomic E-state index is -0.959. The van der Waals surface area contributed by atoms with Crippen molar-refractivity contribution in [2.45, 2.75) is 27.2 Å². The molecule has 122 valence electrons. The molecule has 0 atom stereocenters. The maximum atomic E-state index is 12.6. The Morgan fingerprint density at radius 1 is 1.18 bits per heavy atom. The van der Waals surface area contributed by atoms with E-state index in [0.717, 1.165) is 0 Å². The van der Waals surface area contributed by atoms with Crippen LogP contribution < -0.4 is 14.4 Å². The first kappa shape index (κ1) is 17.8. The highest BCUT2D eigenvalue weighted by Gasteiger charge is 2.30. The zero-order valence-electron chi connectivity index (χ0n) is 13.7. The maximum absolute atomic E-state index is 12.6. The number of hydrogen-bond donors (Lipinski definition) is 1. The molecule has 6 nitrogen and oxygen atoms in total. The smallest absolute Gasteiger partial charge is 0.305 e. The average molecular weight is 309 g/mol. The summed E-state index contributed by atoms with van der Waals surface area (Å²) in [7, 11) is 3.03. The highest BCUT2D eigenvalue weighted by Crippen LogP contribution is 2.34. The van der Waals surface area contributed by atoms with Gasteiger partial charge in [0.15, 0.2) is 0 Å². The second-order valence-corrected chi connectivity index (χ2v) is 5.89. The van der Waals surface area contributed by atoms with Gasteiger partial charge in [-0.3, -0.25) is 9.59 Å². The predicted molar refractivity (Wildman–Crippen MR) is 83.6 cm³/mol. The lowest BCUT2D eigenvalue weighted by atomic mass is 9.94. The third kappa shape index (κ3) is 4.38. The lowest BCUT2D eigenvalue weighted by Crippen LogP contribution is -2.41. The Morgan fingerprint density at radius 3 is 2.27 bits per heavy atom. The summed E-state index contributed by atoms with van der Waals surface area (Å²) in [5, 5.41) is 8.91. The summed E-state index contributed by atoms with van der Waals surface area (Å²) in [6, 6.07) is 5.07. The highest BCUT2D eigenvalue weighted by atomic mass is 16.5. The standard InChI is InChI=1S/C16H23NO5/c1-16(2,3)15(20)17(9-8-14(18)19)12-7-6-11(21-4)10-13(12)22-5/h6-7,10H,8-9H2,1-5H3,(H,18,19). The van der Waals surface area contributed by atoms with Gasteiger partial charge in [-0.25, -0.2) is 0 Å². The molecule has 0 unspecified atom stereocenters. The van der Waals surface area contributed by atoms with E-state index in [-0.39, 0.29) is 18.9 Å². The Morgan fingerprint density at radius 2 is 1.82 bits per heavy atom. The van der Waals surface area contributed by atoms with Crippen molar-refractivity contribution in [3.05, 3.63) is 18.2 Å². The van der Waals surface area contributed by atoms with Crippen LogP contribution in [0.2, 0.25) is 0 Å². The van der Waals surface area contributed by atoms with E-state index >= 15 is 0 Å². The average Bonchev–Trinajstić information content (AvgIpc) is 2.46. The highest BCUT2D eigenvalue weighted by molar-refractivity contribution is 5.98. The molecule has 0 spiro atoms. The molecular formula is C16H23NO5. The number of ether oxygens (including phenoxy) is 2. The Bertz CT molecular complexity index is 548. The van der Waals surface area contributed by atoms with Crippen LogP contribution >= 0.6 is 0 Å². The molecule has 0 aliphatic carbocycles. The fraction of sp³-hybridized carbons (Fsp3) is 0.500. The second kappa shape index (κ2) is 7.15. The van der Waals surface area contributed by atoms with Crippen LogP contribution in [0.3, 0.4) is 0 Å². The number of hydrogen-bond acceptors (Lipinski definition) is 4. The van der Waals surface area contributed by atoms with Gasteiger partial charge >= 0.3 is 5.97 Å². The Labute approximate surface area is 130 Å². The molecule has 0 aromatic heterocycles. The number of carbonyl (C=O) groups is 2. The maximum Gasteiger partial charge on any atom is 0.305 e. The van der Waals surface area contributed by atoms with Crippen LogP contribution in [0.15, 0.2) is 18.2 Å². The van der Waals surface area contributed by atoms with Gasteiger partial charge in [0.05, 0.1) is 26.3 Å². The van der Waals surface area contributed by atoms with E-state index in [4.69, 9.17) is 14.6 Å². The van der Waals surface area contributed by atoms with Crippen molar-refractivity contribution in [1.29, 1.82) is 0 Å². The van der Waals surface area contributed by atoms with Gasteiger partial charge in [-0.2, -0.15) is 0 Å². The minimum Gasteiger partial charge on any atom is -0.497 e. The first-order valence-electron chi connectivity index (χ1n) is 6.96. The number of aliphatic carboxylic acids is 1. The monoisotopic (exact) mass is 309 g/mol. The van der Waals surface area contributed by atoms with Crippen LogP contribution in [0.4, 0.5) is 5.69 Å². The van der Waals surface area contributed by atoms with E-state index in [9.17, 15) is 9.59 Å². The summed E-state index contributed by atoms with van der Waals surface area (Å²) in [5.41, 5.74) is -0.104. The molecule has 0 aliphatic heterocycles. The molecule has 0 heterocycles. The molecule has 6 heteroatoms. The molecule has 0 radical (unpaired) electrons. The molecule has 22 heavy (non-hydrogen) atoms. The zero-order chi connectivity index (χ0) is 16.9. The van der Waals surface area contributed by atoms with Crippen molar-refractivity contribution in [2.75, 3.05) is 25.7 Å². The van der Waals surface area contributed by atoms with Crippen LogP contribution in [-0.4, -0.2) is 37.7 Å². The molecule has 0 bridgehead atoms. The fourth-order valence-electron chi connectivity index (χ4n) is 1.95. The lowest BCUT2D eigenvalue weighted by molar-refractivity contribution is -0.136. The summed E-state index contributed by atoms with van der Waals surface area (Å²) in [6.45, 7) is 5.45. The number of nitrogens with zero attached hydrogens (tertiary/aromatic N) is 1. The van der Waals surface area contributed by atoms with Crippen LogP contribution in [0.25, 0.3) is 0 Å². The van der Waals surface area contributed by atoms with Gasteiger partial charge in [0.25, 0.3) is 0 Å². The van der Waals surface area contributed by atoms with E-state index < -0.39 is 11.4 Å². The minimum absolute atomic E-state index is 0.0775.